The Hall–Kier alpha value is -1.07. The summed E-state index contributed by atoms with van der Waals surface area (Å²) in [6, 6.07) is 7.92. The molecule has 1 aromatic rings. The molecule has 0 spiro atoms. The van der Waals surface area contributed by atoms with Crippen molar-refractivity contribution in [1.29, 1.82) is 0 Å². The summed E-state index contributed by atoms with van der Waals surface area (Å²) >= 11 is 0. The molecule has 1 unspecified atom stereocenters. The van der Waals surface area contributed by atoms with E-state index < -0.39 is 10.1 Å². The molecule has 4 nitrogen and oxygen atoms in total. The molecule has 0 aliphatic heterocycles. The van der Waals surface area contributed by atoms with Crippen molar-refractivity contribution in [3.05, 3.63) is 29.8 Å². The monoisotopic (exact) mass is 272 g/mol. The fourth-order valence-corrected chi connectivity index (χ4v) is 2.12. The van der Waals surface area contributed by atoms with Gasteiger partial charge in [-0.25, -0.2) is 0 Å². The number of methoxy groups -OCH3 is 1. The van der Waals surface area contributed by atoms with Gasteiger partial charge in [-0.2, -0.15) is 8.42 Å². The summed E-state index contributed by atoms with van der Waals surface area (Å²) in [5, 5.41) is 0. The Morgan fingerprint density at radius 1 is 1.22 bits per heavy atom. The van der Waals surface area contributed by atoms with Crippen LogP contribution in [-0.4, -0.2) is 28.4 Å². The Kier molecular flexibility index (Phi) is 5.62. The second-order valence-corrected chi connectivity index (χ2v) is 5.99. The van der Waals surface area contributed by atoms with Crippen molar-refractivity contribution in [3.63, 3.8) is 0 Å². The van der Waals surface area contributed by atoms with Gasteiger partial charge in [-0.3, -0.25) is 4.18 Å². The van der Waals surface area contributed by atoms with Gasteiger partial charge in [0.15, 0.2) is 0 Å². The van der Waals surface area contributed by atoms with Gasteiger partial charge in [0.05, 0.1) is 20.0 Å². The van der Waals surface area contributed by atoms with Crippen LogP contribution in [0.2, 0.25) is 0 Å². The fourth-order valence-electron chi connectivity index (χ4n) is 1.70. The third-order valence-electron chi connectivity index (χ3n) is 2.76. The number of hydrogen-bond donors (Lipinski definition) is 0. The number of rotatable bonds is 7. The Balaban J connectivity index is 2.38. The Morgan fingerprint density at radius 3 is 2.33 bits per heavy atom. The minimum atomic E-state index is -3.31. The van der Waals surface area contributed by atoms with Crippen molar-refractivity contribution in [3.8, 4) is 5.75 Å². The number of hydrogen-bond acceptors (Lipinski definition) is 4. The van der Waals surface area contributed by atoms with Crippen molar-refractivity contribution < 1.29 is 17.3 Å². The Bertz CT molecular complexity index is 450. The zero-order chi connectivity index (χ0) is 13.6. The summed E-state index contributed by atoms with van der Waals surface area (Å²) in [4.78, 5) is 0. The van der Waals surface area contributed by atoms with E-state index >= 15 is 0 Å². The highest BCUT2D eigenvalue weighted by atomic mass is 32.2. The highest BCUT2D eigenvalue weighted by Gasteiger charge is 2.07. The van der Waals surface area contributed by atoms with Crippen molar-refractivity contribution in [2.75, 3.05) is 20.0 Å². The second-order valence-electron chi connectivity index (χ2n) is 4.34. The average molecular weight is 272 g/mol. The van der Waals surface area contributed by atoms with Crippen LogP contribution >= 0.6 is 0 Å². The maximum Gasteiger partial charge on any atom is 0.264 e. The molecule has 1 aromatic carbocycles. The first-order chi connectivity index (χ1) is 8.42. The van der Waals surface area contributed by atoms with E-state index in [4.69, 9.17) is 8.92 Å². The molecule has 0 fully saturated rings. The Labute approximate surface area is 109 Å². The van der Waals surface area contributed by atoms with Gasteiger partial charge < -0.3 is 4.74 Å². The van der Waals surface area contributed by atoms with Crippen molar-refractivity contribution in [1.82, 2.24) is 0 Å². The first kappa shape index (κ1) is 15.0. The van der Waals surface area contributed by atoms with Gasteiger partial charge in [0.2, 0.25) is 0 Å². The van der Waals surface area contributed by atoms with E-state index in [2.05, 4.69) is 6.92 Å². The lowest BCUT2D eigenvalue weighted by atomic mass is 9.96. The van der Waals surface area contributed by atoms with E-state index in [0.29, 0.717) is 5.92 Å². The van der Waals surface area contributed by atoms with Crippen LogP contribution in [0.1, 0.15) is 31.2 Å². The molecule has 102 valence electrons. The second kappa shape index (κ2) is 6.75. The van der Waals surface area contributed by atoms with Crippen LogP contribution in [0.4, 0.5) is 0 Å². The third kappa shape index (κ3) is 5.51. The van der Waals surface area contributed by atoms with Crippen LogP contribution in [0, 0.1) is 0 Å². The van der Waals surface area contributed by atoms with Crippen LogP contribution in [0.3, 0.4) is 0 Å². The minimum Gasteiger partial charge on any atom is -0.497 e. The van der Waals surface area contributed by atoms with E-state index in [1.54, 1.807) is 7.11 Å². The predicted octanol–water partition coefficient (Wildman–Crippen LogP) is 2.56. The SMILES string of the molecule is COc1ccc(C(C)CCCOS(C)(=O)=O)cc1. The smallest absolute Gasteiger partial charge is 0.264 e. The zero-order valence-corrected chi connectivity index (χ0v) is 11.9. The quantitative estimate of drug-likeness (QED) is 0.565. The van der Waals surface area contributed by atoms with Gasteiger partial charge in [0.25, 0.3) is 10.1 Å². The third-order valence-corrected chi connectivity index (χ3v) is 3.36. The lowest BCUT2D eigenvalue weighted by Gasteiger charge is -2.12. The van der Waals surface area contributed by atoms with E-state index in [1.807, 2.05) is 24.3 Å². The average Bonchev–Trinajstić information content (AvgIpc) is 2.33. The van der Waals surface area contributed by atoms with Crippen LogP contribution in [0.25, 0.3) is 0 Å². The van der Waals surface area contributed by atoms with Gasteiger partial charge in [0.1, 0.15) is 5.75 Å². The number of ether oxygens (including phenoxy) is 1. The minimum absolute atomic E-state index is 0.249. The van der Waals surface area contributed by atoms with Crippen LogP contribution in [0.5, 0.6) is 5.75 Å². The maximum atomic E-state index is 10.8. The summed E-state index contributed by atoms with van der Waals surface area (Å²) in [6.45, 7) is 2.36. The molecule has 18 heavy (non-hydrogen) atoms. The molecule has 0 aromatic heterocycles. The molecule has 0 amide bonds. The predicted molar refractivity (Wildman–Crippen MR) is 71.4 cm³/mol. The summed E-state index contributed by atoms with van der Waals surface area (Å²) in [7, 11) is -1.67. The normalized spacial score (nSPS) is 13.3. The summed E-state index contributed by atoms with van der Waals surface area (Å²) in [5.74, 6) is 1.21. The fraction of sp³-hybridized carbons (Fsp3) is 0.538. The van der Waals surface area contributed by atoms with E-state index in [1.165, 1.54) is 5.56 Å². The molecular formula is C13H20O4S. The van der Waals surface area contributed by atoms with Gasteiger partial charge in [-0.1, -0.05) is 19.1 Å². The van der Waals surface area contributed by atoms with Gasteiger partial charge in [-0.05, 0) is 36.5 Å². The zero-order valence-electron chi connectivity index (χ0n) is 11.0. The molecule has 0 saturated carbocycles. The van der Waals surface area contributed by atoms with Crippen LogP contribution in [-0.2, 0) is 14.3 Å². The maximum absolute atomic E-state index is 10.8. The van der Waals surface area contributed by atoms with Crippen molar-refractivity contribution in [2.24, 2.45) is 0 Å². The molecule has 0 radical (unpaired) electrons. The largest absolute Gasteiger partial charge is 0.497 e. The standard InChI is InChI=1S/C13H20O4S/c1-11(5-4-10-17-18(3,14)15)12-6-8-13(16-2)9-7-12/h6-9,11H,4-5,10H2,1-3H3. The topological polar surface area (TPSA) is 52.6 Å². The molecule has 0 bridgehead atoms. The summed E-state index contributed by atoms with van der Waals surface area (Å²) in [6.07, 6.45) is 2.68. The molecule has 0 N–H and O–H groups in total. The van der Waals surface area contributed by atoms with Gasteiger partial charge in [0, 0.05) is 0 Å². The summed E-state index contributed by atoms with van der Waals surface area (Å²) in [5.41, 5.74) is 1.22. The molecule has 0 saturated heterocycles. The highest BCUT2D eigenvalue weighted by Crippen LogP contribution is 2.22. The molecular weight excluding hydrogens is 252 g/mol. The molecule has 0 aliphatic rings. The Morgan fingerprint density at radius 2 is 1.83 bits per heavy atom. The van der Waals surface area contributed by atoms with Gasteiger partial charge in [-0.15, -0.1) is 0 Å². The lowest BCUT2D eigenvalue weighted by molar-refractivity contribution is 0.308. The van der Waals surface area contributed by atoms with E-state index in [-0.39, 0.29) is 6.61 Å². The van der Waals surface area contributed by atoms with Crippen molar-refractivity contribution >= 4 is 10.1 Å². The van der Waals surface area contributed by atoms with Gasteiger partial charge >= 0.3 is 0 Å². The molecule has 1 rings (SSSR count). The summed E-state index contributed by atoms with van der Waals surface area (Å²) < 4.78 is 31.4. The molecule has 0 aliphatic carbocycles. The van der Waals surface area contributed by atoms with E-state index in [0.717, 1.165) is 24.8 Å². The van der Waals surface area contributed by atoms with Crippen LogP contribution < -0.4 is 4.74 Å². The van der Waals surface area contributed by atoms with Crippen molar-refractivity contribution in [2.45, 2.75) is 25.7 Å². The highest BCUT2D eigenvalue weighted by molar-refractivity contribution is 7.85. The molecule has 1 atom stereocenters. The lowest BCUT2D eigenvalue weighted by Crippen LogP contribution is -2.05. The van der Waals surface area contributed by atoms with Crippen LogP contribution in [0.15, 0.2) is 24.3 Å². The first-order valence-corrected chi connectivity index (χ1v) is 7.72. The number of benzene rings is 1. The van der Waals surface area contributed by atoms with E-state index in [9.17, 15) is 8.42 Å². The first-order valence-electron chi connectivity index (χ1n) is 5.90. The molecule has 0 heterocycles. The molecule has 5 heteroatoms.